The minimum absolute atomic E-state index is 0.0709. The maximum atomic E-state index is 13.5. The second kappa shape index (κ2) is 6.45. The van der Waals surface area contributed by atoms with E-state index < -0.39 is 17.5 Å². The predicted molar refractivity (Wildman–Crippen MR) is 90.6 cm³/mol. The molecule has 0 radical (unpaired) electrons. The van der Waals surface area contributed by atoms with Gasteiger partial charge < -0.3 is 5.32 Å². The van der Waals surface area contributed by atoms with Gasteiger partial charge >= 0.3 is 0 Å². The molecule has 0 saturated carbocycles. The lowest BCUT2D eigenvalue weighted by molar-refractivity contribution is 0.102. The van der Waals surface area contributed by atoms with E-state index in [0.717, 1.165) is 17.8 Å². The Balaban J connectivity index is 1.78. The van der Waals surface area contributed by atoms with Crippen LogP contribution in [0.1, 0.15) is 10.4 Å². The van der Waals surface area contributed by atoms with Crippen LogP contribution in [0.15, 0.2) is 54.9 Å². The summed E-state index contributed by atoms with van der Waals surface area (Å²) in [6, 6.07) is 10.7. The summed E-state index contributed by atoms with van der Waals surface area (Å²) in [7, 11) is 0. The number of hydrogen-bond acceptors (Lipinski definition) is 2. The number of hydrogen-bond donors (Lipinski definition) is 1. The van der Waals surface area contributed by atoms with E-state index >= 15 is 0 Å². The van der Waals surface area contributed by atoms with Gasteiger partial charge in [0.15, 0.2) is 0 Å². The summed E-state index contributed by atoms with van der Waals surface area (Å²) in [5, 5.41) is 6.57. The van der Waals surface area contributed by atoms with E-state index in [-0.39, 0.29) is 9.26 Å². The summed E-state index contributed by atoms with van der Waals surface area (Å²) in [5.41, 5.74) is 1.25. The average Bonchev–Trinajstić information content (AvgIpc) is 3.07. The molecule has 1 amide bonds. The minimum atomic E-state index is -0.713. The molecule has 0 atom stereocenters. The number of carbonyl (C=O) groups is 1. The summed E-state index contributed by atoms with van der Waals surface area (Å²) in [6.45, 7) is 0. The quantitative estimate of drug-likeness (QED) is 0.510. The smallest absolute Gasteiger partial charge is 0.255 e. The number of aromatic nitrogens is 2. The predicted octanol–water partition coefficient (Wildman–Crippen LogP) is 4.01. The Bertz CT molecular complexity index is 825. The highest BCUT2D eigenvalue weighted by Crippen LogP contribution is 2.21. The molecule has 0 aliphatic carbocycles. The summed E-state index contributed by atoms with van der Waals surface area (Å²) in [4.78, 5) is 12.1. The van der Waals surface area contributed by atoms with Crippen LogP contribution in [0.2, 0.25) is 0 Å². The van der Waals surface area contributed by atoms with Crippen molar-refractivity contribution in [3.63, 3.8) is 0 Å². The third-order valence-electron chi connectivity index (χ3n) is 3.14. The Morgan fingerprint density at radius 3 is 2.35 bits per heavy atom. The zero-order chi connectivity index (χ0) is 16.4. The molecular weight excluding hydrogens is 415 g/mol. The molecule has 1 heterocycles. The number of halogens is 3. The van der Waals surface area contributed by atoms with Gasteiger partial charge in [0.2, 0.25) is 0 Å². The lowest BCUT2D eigenvalue weighted by atomic mass is 10.2. The van der Waals surface area contributed by atoms with Crippen molar-refractivity contribution in [2.45, 2.75) is 0 Å². The Labute approximate surface area is 144 Å². The molecule has 0 saturated heterocycles. The minimum Gasteiger partial charge on any atom is -0.322 e. The lowest BCUT2D eigenvalue weighted by Crippen LogP contribution is -2.12. The molecule has 1 aromatic heterocycles. The van der Waals surface area contributed by atoms with Gasteiger partial charge in [-0.3, -0.25) is 4.79 Å². The topological polar surface area (TPSA) is 46.9 Å². The number of amides is 1. The molecule has 2 aromatic carbocycles. The van der Waals surface area contributed by atoms with Gasteiger partial charge in [0, 0.05) is 23.6 Å². The molecule has 0 bridgehead atoms. The molecule has 116 valence electrons. The van der Waals surface area contributed by atoms with E-state index in [2.05, 4.69) is 10.4 Å². The summed E-state index contributed by atoms with van der Waals surface area (Å²) >= 11 is 1.57. The van der Waals surface area contributed by atoms with E-state index in [9.17, 15) is 13.6 Å². The standard InChI is InChI=1S/C16H10F2IN3O/c17-13-8-11(9-14(18)15(13)19)21-16(23)10-2-4-12(5-3-10)22-7-1-6-20-22/h1-9H,(H,21,23). The van der Waals surface area contributed by atoms with Crippen LogP contribution >= 0.6 is 22.6 Å². The van der Waals surface area contributed by atoms with E-state index in [1.54, 1.807) is 70.0 Å². The molecular formula is C16H10F2IN3O. The number of anilines is 1. The number of benzene rings is 2. The number of nitrogens with one attached hydrogen (secondary N) is 1. The number of nitrogens with zero attached hydrogens (tertiary/aromatic N) is 2. The van der Waals surface area contributed by atoms with Gasteiger partial charge in [-0.05, 0) is 65.1 Å². The average molecular weight is 425 g/mol. The first kappa shape index (κ1) is 15.6. The second-order valence-electron chi connectivity index (χ2n) is 4.71. The zero-order valence-corrected chi connectivity index (χ0v) is 13.8. The molecule has 3 aromatic rings. The van der Waals surface area contributed by atoms with Crippen LogP contribution in [0, 0.1) is 15.2 Å². The molecule has 7 heteroatoms. The fourth-order valence-corrected chi connectivity index (χ4v) is 2.33. The fourth-order valence-electron chi connectivity index (χ4n) is 2.02. The molecule has 4 nitrogen and oxygen atoms in total. The molecule has 0 fully saturated rings. The van der Waals surface area contributed by atoms with E-state index in [0.29, 0.717) is 5.56 Å². The fraction of sp³-hybridized carbons (Fsp3) is 0. The van der Waals surface area contributed by atoms with Crippen molar-refractivity contribution in [3.8, 4) is 5.69 Å². The largest absolute Gasteiger partial charge is 0.322 e. The third-order valence-corrected chi connectivity index (χ3v) is 4.17. The highest BCUT2D eigenvalue weighted by molar-refractivity contribution is 14.1. The first-order chi connectivity index (χ1) is 11.0. The van der Waals surface area contributed by atoms with Crippen molar-refractivity contribution in [2.24, 2.45) is 0 Å². The molecule has 0 unspecified atom stereocenters. The van der Waals surface area contributed by atoms with Crippen molar-refractivity contribution in [2.75, 3.05) is 5.32 Å². The van der Waals surface area contributed by atoms with Crippen LogP contribution < -0.4 is 5.32 Å². The van der Waals surface area contributed by atoms with Crippen molar-refractivity contribution in [1.29, 1.82) is 0 Å². The highest BCUT2D eigenvalue weighted by Gasteiger charge is 2.11. The van der Waals surface area contributed by atoms with Gasteiger partial charge in [0.1, 0.15) is 11.6 Å². The maximum absolute atomic E-state index is 13.5. The van der Waals surface area contributed by atoms with Gasteiger partial charge in [0.25, 0.3) is 5.91 Å². The Hall–Kier alpha value is -2.29. The number of rotatable bonds is 3. The SMILES string of the molecule is O=C(Nc1cc(F)c(I)c(F)c1)c1ccc(-n2cccn2)cc1. The molecule has 0 aliphatic rings. The summed E-state index contributed by atoms with van der Waals surface area (Å²) in [5.74, 6) is -1.87. The first-order valence-electron chi connectivity index (χ1n) is 6.60. The van der Waals surface area contributed by atoms with Crippen molar-refractivity contribution in [1.82, 2.24) is 9.78 Å². The summed E-state index contributed by atoms with van der Waals surface area (Å²) in [6.07, 6.45) is 3.44. The zero-order valence-electron chi connectivity index (χ0n) is 11.6. The van der Waals surface area contributed by atoms with E-state index in [4.69, 9.17) is 0 Å². The maximum Gasteiger partial charge on any atom is 0.255 e. The molecule has 1 N–H and O–H groups in total. The van der Waals surface area contributed by atoms with Crippen LogP contribution in [-0.4, -0.2) is 15.7 Å². The molecule has 23 heavy (non-hydrogen) atoms. The van der Waals surface area contributed by atoms with E-state index in [1.807, 2.05) is 0 Å². The lowest BCUT2D eigenvalue weighted by Gasteiger charge is -2.08. The van der Waals surface area contributed by atoms with Gasteiger partial charge in [-0.15, -0.1) is 0 Å². The number of carbonyl (C=O) groups excluding carboxylic acids is 1. The van der Waals surface area contributed by atoms with Gasteiger partial charge in [-0.1, -0.05) is 0 Å². The molecule has 0 aliphatic heterocycles. The van der Waals surface area contributed by atoms with Crippen LogP contribution in [0.25, 0.3) is 5.69 Å². The van der Waals surface area contributed by atoms with Gasteiger partial charge in [0.05, 0.1) is 9.26 Å². The van der Waals surface area contributed by atoms with Crippen molar-refractivity contribution >= 4 is 34.2 Å². The second-order valence-corrected chi connectivity index (χ2v) is 5.78. The Morgan fingerprint density at radius 1 is 1.13 bits per heavy atom. The molecule has 3 rings (SSSR count). The van der Waals surface area contributed by atoms with Crippen LogP contribution in [0.4, 0.5) is 14.5 Å². The van der Waals surface area contributed by atoms with Crippen LogP contribution in [0.5, 0.6) is 0 Å². The first-order valence-corrected chi connectivity index (χ1v) is 7.68. The van der Waals surface area contributed by atoms with Crippen molar-refractivity contribution < 1.29 is 13.6 Å². The Morgan fingerprint density at radius 2 is 1.78 bits per heavy atom. The van der Waals surface area contributed by atoms with Crippen LogP contribution in [-0.2, 0) is 0 Å². The van der Waals surface area contributed by atoms with E-state index in [1.165, 1.54) is 0 Å². The van der Waals surface area contributed by atoms with Crippen molar-refractivity contribution in [3.05, 3.63) is 75.6 Å². The highest BCUT2D eigenvalue weighted by atomic mass is 127. The Kier molecular flexibility index (Phi) is 4.37. The van der Waals surface area contributed by atoms with Gasteiger partial charge in [-0.2, -0.15) is 5.10 Å². The van der Waals surface area contributed by atoms with Gasteiger partial charge in [-0.25, -0.2) is 13.5 Å². The van der Waals surface area contributed by atoms with Crippen LogP contribution in [0.3, 0.4) is 0 Å². The summed E-state index contributed by atoms with van der Waals surface area (Å²) < 4.78 is 28.5. The molecule has 0 spiro atoms. The normalized spacial score (nSPS) is 10.6. The third kappa shape index (κ3) is 3.39. The monoisotopic (exact) mass is 425 g/mol.